The van der Waals surface area contributed by atoms with E-state index < -0.39 is 0 Å². The third kappa shape index (κ3) is 2.56. The molecule has 0 aliphatic carbocycles. The second kappa shape index (κ2) is 5.00. The summed E-state index contributed by atoms with van der Waals surface area (Å²) in [7, 11) is 1.50. The molecule has 0 spiro atoms. The number of hydrogen-bond donors (Lipinski definition) is 0. The van der Waals surface area contributed by atoms with Crippen LogP contribution in [0, 0.1) is 13.8 Å². The third-order valence-electron chi connectivity index (χ3n) is 2.55. The highest BCUT2D eigenvalue weighted by Gasteiger charge is 2.08. The van der Waals surface area contributed by atoms with Crippen molar-refractivity contribution in [2.24, 2.45) is 0 Å². The zero-order valence-corrected chi connectivity index (χ0v) is 10.7. The monoisotopic (exact) mass is 245 g/mol. The third-order valence-corrected chi connectivity index (χ3v) is 2.55. The number of hydrogen-bond acceptors (Lipinski definition) is 4. The number of methoxy groups -OCH3 is 1. The normalized spacial score (nSPS) is 10.4. The summed E-state index contributed by atoms with van der Waals surface area (Å²) in [5.41, 5.74) is 2.23. The molecule has 2 aromatic rings. The lowest BCUT2D eigenvalue weighted by atomic mass is 10.3. The first-order valence-electron chi connectivity index (χ1n) is 5.65. The van der Waals surface area contributed by atoms with Crippen LogP contribution < -0.4 is 10.3 Å². The minimum Gasteiger partial charge on any atom is -0.468 e. The van der Waals surface area contributed by atoms with Crippen molar-refractivity contribution in [3.63, 3.8) is 0 Å². The number of ether oxygens (including phenoxy) is 1. The standard InChI is InChI=1S/C13H15N3O2/c1-9-5-4-6-11(14-9)8-16-12(17)7-10(2)15-13(16)18-3/h4-7H,8H2,1-3H3. The maximum atomic E-state index is 11.9. The van der Waals surface area contributed by atoms with Gasteiger partial charge in [-0.25, -0.2) is 4.98 Å². The lowest BCUT2D eigenvalue weighted by molar-refractivity contribution is 0.349. The summed E-state index contributed by atoms with van der Waals surface area (Å²) in [6.07, 6.45) is 0. The van der Waals surface area contributed by atoms with Crippen molar-refractivity contribution < 1.29 is 4.74 Å². The van der Waals surface area contributed by atoms with Crippen LogP contribution in [0.3, 0.4) is 0 Å². The van der Waals surface area contributed by atoms with Gasteiger partial charge in [0.2, 0.25) is 0 Å². The average molecular weight is 245 g/mol. The molecule has 5 nitrogen and oxygen atoms in total. The Hall–Kier alpha value is -2.17. The molecule has 18 heavy (non-hydrogen) atoms. The first-order chi connectivity index (χ1) is 8.60. The fraction of sp³-hybridized carbons (Fsp3) is 0.308. The summed E-state index contributed by atoms with van der Waals surface area (Å²) >= 11 is 0. The van der Waals surface area contributed by atoms with Crippen molar-refractivity contribution in [2.45, 2.75) is 20.4 Å². The van der Waals surface area contributed by atoms with E-state index in [0.717, 1.165) is 11.4 Å². The van der Waals surface area contributed by atoms with Crippen LogP contribution in [0.4, 0.5) is 0 Å². The van der Waals surface area contributed by atoms with E-state index in [-0.39, 0.29) is 5.56 Å². The van der Waals surface area contributed by atoms with Crippen molar-refractivity contribution in [1.82, 2.24) is 14.5 Å². The molecular weight excluding hydrogens is 230 g/mol. The van der Waals surface area contributed by atoms with Crippen molar-refractivity contribution in [1.29, 1.82) is 0 Å². The van der Waals surface area contributed by atoms with E-state index in [9.17, 15) is 4.79 Å². The minimum atomic E-state index is -0.136. The van der Waals surface area contributed by atoms with Crippen LogP contribution in [0.2, 0.25) is 0 Å². The summed E-state index contributed by atoms with van der Waals surface area (Å²) in [5.74, 6) is 0. The summed E-state index contributed by atoms with van der Waals surface area (Å²) in [5, 5.41) is 0. The second-order valence-corrected chi connectivity index (χ2v) is 4.08. The molecule has 0 fully saturated rings. The molecule has 5 heteroatoms. The van der Waals surface area contributed by atoms with Crippen LogP contribution in [0.1, 0.15) is 17.1 Å². The van der Waals surface area contributed by atoms with Crippen LogP contribution in [-0.2, 0) is 6.54 Å². The average Bonchev–Trinajstić information content (AvgIpc) is 2.32. The maximum Gasteiger partial charge on any atom is 0.299 e. The SMILES string of the molecule is COc1nc(C)cc(=O)n1Cc1cccc(C)n1. The molecule has 2 rings (SSSR count). The molecule has 0 saturated carbocycles. The molecule has 94 valence electrons. The predicted molar refractivity (Wildman–Crippen MR) is 67.9 cm³/mol. The highest BCUT2D eigenvalue weighted by atomic mass is 16.5. The molecule has 0 radical (unpaired) electrons. The molecule has 0 aliphatic heterocycles. The molecule has 2 aromatic heterocycles. The summed E-state index contributed by atoms with van der Waals surface area (Å²) < 4.78 is 6.60. The number of nitrogens with zero attached hydrogens (tertiary/aromatic N) is 3. The van der Waals surface area contributed by atoms with Gasteiger partial charge in [0.05, 0.1) is 19.3 Å². The van der Waals surface area contributed by atoms with Crippen LogP contribution in [-0.4, -0.2) is 21.6 Å². The van der Waals surface area contributed by atoms with E-state index in [0.29, 0.717) is 18.2 Å². The molecule has 0 aromatic carbocycles. The van der Waals surface area contributed by atoms with Gasteiger partial charge in [0, 0.05) is 17.5 Å². The Morgan fingerprint density at radius 3 is 2.67 bits per heavy atom. The fourth-order valence-corrected chi connectivity index (χ4v) is 1.75. The first-order valence-corrected chi connectivity index (χ1v) is 5.65. The minimum absolute atomic E-state index is 0.136. The molecule has 0 atom stereocenters. The lowest BCUT2D eigenvalue weighted by Gasteiger charge is -2.10. The van der Waals surface area contributed by atoms with E-state index in [1.165, 1.54) is 17.7 Å². The number of pyridine rings is 1. The zero-order chi connectivity index (χ0) is 13.1. The van der Waals surface area contributed by atoms with Crippen molar-refractivity contribution in [3.05, 3.63) is 51.7 Å². The van der Waals surface area contributed by atoms with Crippen LogP contribution >= 0.6 is 0 Å². The van der Waals surface area contributed by atoms with Gasteiger partial charge in [0.1, 0.15) is 0 Å². The van der Waals surface area contributed by atoms with Crippen molar-refractivity contribution in [3.8, 4) is 6.01 Å². The van der Waals surface area contributed by atoms with E-state index in [1.807, 2.05) is 25.1 Å². The topological polar surface area (TPSA) is 57.0 Å². The quantitative estimate of drug-likeness (QED) is 0.818. The first kappa shape index (κ1) is 12.3. The van der Waals surface area contributed by atoms with Crippen LogP contribution in [0.25, 0.3) is 0 Å². The summed E-state index contributed by atoms with van der Waals surface area (Å²) in [4.78, 5) is 20.5. The second-order valence-electron chi connectivity index (χ2n) is 4.08. The van der Waals surface area contributed by atoms with E-state index in [1.54, 1.807) is 6.92 Å². The van der Waals surface area contributed by atoms with Gasteiger partial charge in [-0.1, -0.05) is 6.07 Å². The molecule has 0 saturated heterocycles. The van der Waals surface area contributed by atoms with E-state index in [2.05, 4.69) is 9.97 Å². The smallest absolute Gasteiger partial charge is 0.299 e. The number of aryl methyl sites for hydroxylation is 2. The van der Waals surface area contributed by atoms with Gasteiger partial charge < -0.3 is 4.74 Å². The molecule has 2 heterocycles. The Morgan fingerprint density at radius 2 is 2.00 bits per heavy atom. The number of aromatic nitrogens is 3. The van der Waals surface area contributed by atoms with Gasteiger partial charge in [-0.15, -0.1) is 0 Å². The van der Waals surface area contributed by atoms with Crippen molar-refractivity contribution in [2.75, 3.05) is 7.11 Å². The largest absolute Gasteiger partial charge is 0.468 e. The maximum absolute atomic E-state index is 11.9. The van der Waals surface area contributed by atoms with E-state index in [4.69, 9.17) is 4.74 Å². The van der Waals surface area contributed by atoms with Gasteiger partial charge in [0.15, 0.2) is 0 Å². The Labute approximate surface area is 105 Å². The molecular formula is C13H15N3O2. The highest BCUT2D eigenvalue weighted by molar-refractivity contribution is 5.13. The Balaban J connectivity index is 2.43. The summed E-state index contributed by atoms with van der Waals surface area (Å²) in [6.45, 7) is 4.03. The molecule has 0 unspecified atom stereocenters. The van der Waals surface area contributed by atoms with Gasteiger partial charge in [0.25, 0.3) is 11.6 Å². The Morgan fingerprint density at radius 1 is 1.22 bits per heavy atom. The number of rotatable bonds is 3. The molecule has 0 aliphatic rings. The van der Waals surface area contributed by atoms with Crippen LogP contribution in [0.5, 0.6) is 6.01 Å². The Kier molecular flexibility index (Phi) is 3.41. The lowest BCUT2D eigenvalue weighted by Crippen LogP contribution is -2.23. The molecule has 0 amide bonds. The predicted octanol–water partition coefficient (Wildman–Crippen LogP) is 1.31. The Bertz CT molecular complexity index is 620. The fourth-order valence-electron chi connectivity index (χ4n) is 1.75. The van der Waals surface area contributed by atoms with Crippen LogP contribution in [0.15, 0.2) is 29.1 Å². The van der Waals surface area contributed by atoms with Gasteiger partial charge in [-0.3, -0.25) is 14.3 Å². The molecule has 0 N–H and O–H groups in total. The summed E-state index contributed by atoms with van der Waals surface area (Å²) in [6, 6.07) is 7.49. The van der Waals surface area contributed by atoms with Gasteiger partial charge >= 0.3 is 0 Å². The van der Waals surface area contributed by atoms with E-state index >= 15 is 0 Å². The molecule has 0 bridgehead atoms. The zero-order valence-electron chi connectivity index (χ0n) is 10.7. The van der Waals surface area contributed by atoms with Gasteiger partial charge in [-0.05, 0) is 26.0 Å². The van der Waals surface area contributed by atoms with Crippen molar-refractivity contribution >= 4 is 0 Å². The highest BCUT2D eigenvalue weighted by Crippen LogP contribution is 2.07. The van der Waals surface area contributed by atoms with Gasteiger partial charge in [-0.2, -0.15) is 0 Å².